The molecule has 0 radical (unpaired) electrons. The summed E-state index contributed by atoms with van der Waals surface area (Å²) in [5.41, 5.74) is 2.98. The van der Waals surface area contributed by atoms with Gasteiger partial charge in [-0.3, -0.25) is 0 Å². The summed E-state index contributed by atoms with van der Waals surface area (Å²) in [6.07, 6.45) is 5.77. The molecule has 0 bridgehead atoms. The monoisotopic (exact) mass is 342 g/mol. The Kier molecular flexibility index (Phi) is 6.89. The second kappa shape index (κ2) is 9.13. The first-order valence-electron chi connectivity index (χ1n) is 8.52. The van der Waals surface area contributed by atoms with Gasteiger partial charge in [-0.2, -0.15) is 0 Å². The molecule has 3 N–H and O–H groups in total. The molecular weight excluding hydrogens is 316 g/mol. The number of benzene rings is 1. The third-order valence-corrected chi connectivity index (χ3v) is 3.96. The molecular formula is C19H26N4O2. The van der Waals surface area contributed by atoms with E-state index in [1.54, 1.807) is 12.4 Å². The van der Waals surface area contributed by atoms with Gasteiger partial charge in [0.05, 0.1) is 18.7 Å². The lowest BCUT2D eigenvalue weighted by atomic mass is 10.0. The van der Waals surface area contributed by atoms with Gasteiger partial charge in [-0.05, 0) is 30.4 Å². The van der Waals surface area contributed by atoms with Crippen LogP contribution in [0.25, 0.3) is 11.1 Å². The molecule has 1 aromatic carbocycles. The van der Waals surface area contributed by atoms with Crippen molar-refractivity contribution in [3.63, 3.8) is 0 Å². The van der Waals surface area contributed by atoms with Crippen LogP contribution in [0.4, 0.5) is 4.79 Å². The molecule has 2 rings (SSSR count). The lowest BCUT2D eigenvalue weighted by molar-refractivity contribution is 0.205. The van der Waals surface area contributed by atoms with E-state index in [0.29, 0.717) is 5.92 Å². The Balaban J connectivity index is 1.94. The van der Waals surface area contributed by atoms with Crippen LogP contribution >= 0.6 is 0 Å². The van der Waals surface area contributed by atoms with Crippen molar-refractivity contribution >= 4 is 6.03 Å². The van der Waals surface area contributed by atoms with Gasteiger partial charge in [0, 0.05) is 18.0 Å². The Hall–Kier alpha value is -2.47. The third-order valence-electron chi connectivity index (χ3n) is 3.96. The Morgan fingerprint density at radius 2 is 1.68 bits per heavy atom. The van der Waals surface area contributed by atoms with Crippen molar-refractivity contribution in [1.82, 2.24) is 20.6 Å². The van der Waals surface area contributed by atoms with Crippen molar-refractivity contribution in [2.24, 2.45) is 5.92 Å². The van der Waals surface area contributed by atoms with Crippen LogP contribution in [0.15, 0.2) is 43.0 Å². The van der Waals surface area contributed by atoms with Crippen LogP contribution in [0.5, 0.6) is 0 Å². The van der Waals surface area contributed by atoms with Crippen LogP contribution in [0.1, 0.15) is 38.8 Å². The number of aliphatic hydroxyl groups excluding tert-OH is 1. The van der Waals surface area contributed by atoms with E-state index in [4.69, 9.17) is 0 Å². The summed E-state index contributed by atoms with van der Waals surface area (Å²) in [7, 11) is 0. The van der Waals surface area contributed by atoms with Gasteiger partial charge < -0.3 is 15.7 Å². The molecule has 0 aliphatic rings. The van der Waals surface area contributed by atoms with E-state index in [0.717, 1.165) is 23.1 Å². The second-order valence-corrected chi connectivity index (χ2v) is 6.60. The molecule has 6 heteroatoms. The summed E-state index contributed by atoms with van der Waals surface area (Å²) in [5, 5.41) is 15.1. The van der Waals surface area contributed by atoms with E-state index < -0.39 is 0 Å². The summed E-state index contributed by atoms with van der Waals surface area (Å²) >= 11 is 0. The van der Waals surface area contributed by atoms with E-state index in [-0.39, 0.29) is 24.7 Å². The first-order valence-corrected chi connectivity index (χ1v) is 8.52. The maximum atomic E-state index is 12.1. The predicted octanol–water partition coefficient (Wildman–Crippen LogP) is 2.91. The van der Waals surface area contributed by atoms with Crippen LogP contribution in [0, 0.1) is 5.92 Å². The summed E-state index contributed by atoms with van der Waals surface area (Å²) in [6, 6.07) is 7.29. The van der Waals surface area contributed by atoms with Crippen molar-refractivity contribution in [2.75, 3.05) is 6.61 Å². The number of hydrogen-bond donors (Lipinski definition) is 3. The van der Waals surface area contributed by atoms with Gasteiger partial charge in [0.25, 0.3) is 0 Å². The average Bonchev–Trinajstić information content (AvgIpc) is 2.61. The van der Waals surface area contributed by atoms with E-state index in [2.05, 4.69) is 34.4 Å². The van der Waals surface area contributed by atoms with Crippen LogP contribution in [-0.2, 0) is 0 Å². The number of rotatable bonds is 7. The largest absolute Gasteiger partial charge is 0.394 e. The molecule has 2 aromatic rings. The van der Waals surface area contributed by atoms with Gasteiger partial charge in [0.2, 0.25) is 0 Å². The highest BCUT2D eigenvalue weighted by Crippen LogP contribution is 2.20. The molecule has 25 heavy (non-hydrogen) atoms. The van der Waals surface area contributed by atoms with E-state index >= 15 is 0 Å². The molecule has 2 amide bonds. The highest BCUT2D eigenvalue weighted by Gasteiger charge is 2.15. The zero-order valence-electron chi connectivity index (χ0n) is 14.9. The zero-order chi connectivity index (χ0) is 18.2. The number of nitrogens with zero attached hydrogens (tertiary/aromatic N) is 2. The van der Waals surface area contributed by atoms with E-state index in [9.17, 15) is 9.90 Å². The molecule has 0 saturated heterocycles. The highest BCUT2D eigenvalue weighted by atomic mass is 16.3. The Morgan fingerprint density at radius 1 is 1.04 bits per heavy atom. The summed E-state index contributed by atoms with van der Waals surface area (Å²) in [6.45, 7) is 5.98. The topological polar surface area (TPSA) is 87.1 Å². The van der Waals surface area contributed by atoms with Crippen LogP contribution in [-0.4, -0.2) is 33.8 Å². The molecule has 1 heterocycles. The van der Waals surface area contributed by atoms with Crippen LogP contribution < -0.4 is 10.6 Å². The predicted molar refractivity (Wildman–Crippen MR) is 97.9 cm³/mol. The molecule has 0 spiro atoms. The molecule has 0 aliphatic carbocycles. The number of nitrogens with one attached hydrogen (secondary N) is 2. The van der Waals surface area contributed by atoms with Crippen molar-refractivity contribution in [2.45, 2.75) is 39.3 Å². The Morgan fingerprint density at radius 3 is 2.24 bits per heavy atom. The third kappa shape index (κ3) is 5.83. The second-order valence-electron chi connectivity index (χ2n) is 6.60. The quantitative estimate of drug-likeness (QED) is 0.722. The fourth-order valence-electron chi connectivity index (χ4n) is 2.67. The van der Waals surface area contributed by atoms with E-state index in [1.807, 2.05) is 31.2 Å². The Bertz CT molecular complexity index is 659. The summed E-state index contributed by atoms with van der Waals surface area (Å²) < 4.78 is 0. The minimum Gasteiger partial charge on any atom is -0.394 e. The molecule has 2 unspecified atom stereocenters. The zero-order valence-corrected chi connectivity index (χ0v) is 14.9. The minimum absolute atomic E-state index is 0.0617. The van der Waals surface area contributed by atoms with Crippen LogP contribution in [0.3, 0.4) is 0 Å². The van der Waals surface area contributed by atoms with Crippen molar-refractivity contribution in [3.8, 4) is 11.1 Å². The van der Waals surface area contributed by atoms with Gasteiger partial charge >= 0.3 is 6.03 Å². The lowest BCUT2D eigenvalue weighted by Crippen LogP contribution is -2.45. The SMILES string of the molecule is CC(C)CC(CO)NC(=O)NC(C)c1ccc(-c2cncnc2)cc1. The maximum Gasteiger partial charge on any atom is 0.315 e. The molecule has 0 saturated carbocycles. The van der Waals surface area contributed by atoms with Crippen molar-refractivity contribution < 1.29 is 9.90 Å². The maximum absolute atomic E-state index is 12.1. The first-order chi connectivity index (χ1) is 12.0. The molecule has 6 nitrogen and oxygen atoms in total. The fraction of sp³-hybridized carbons (Fsp3) is 0.421. The average molecular weight is 342 g/mol. The summed E-state index contributed by atoms with van der Waals surface area (Å²) in [4.78, 5) is 20.2. The van der Waals surface area contributed by atoms with Gasteiger partial charge in [0.1, 0.15) is 6.33 Å². The Labute approximate surface area is 148 Å². The van der Waals surface area contributed by atoms with Crippen molar-refractivity contribution in [3.05, 3.63) is 48.5 Å². The number of amides is 2. The number of urea groups is 1. The normalized spacial score (nSPS) is 13.3. The smallest absolute Gasteiger partial charge is 0.315 e. The fourth-order valence-corrected chi connectivity index (χ4v) is 2.67. The molecule has 0 aliphatic heterocycles. The number of carbonyl (C=O) groups excluding carboxylic acids is 1. The van der Waals surface area contributed by atoms with Gasteiger partial charge in [-0.15, -0.1) is 0 Å². The standard InChI is InChI=1S/C19H26N4O2/c1-13(2)8-18(11-24)23-19(25)22-14(3)15-4-6-16(7-5-15)17-9-20-12-21-10-17/h4-7,9-10,12-14,18,24H,8,11H2,1-3H3,(H2,22,23,25). The number of aromatic nitrogens is 2. The van der Waals surface area contributed by atoms with Gasteiger partial charge in [0.15, 0.2) is 0 Å². The minimum atomic E-state index is -0.271. The summed E-state index contributed by atoms with van der Waals surface area (Å²) in [5.74, 6) is 0.407. The van der Waals surface area contributed by atoms with E-state index in [1.165, 1.54) is 6.33 Å². The number of hydrogen-bond acceptors (Lipinski definition) is 4. The molecule has 1 aromatic heterocycles. The van der Waals surface area contributed by atoms with Gasteiger partial charge in [-0.25, -0.2) is 14.8 Å². The van der Waals surface area contributed by atoms with Crippen molar-refractivity contribution in [1.29, 1.82) is 0 Å². The number of carbonyl (C=O) groups is 1. The molecule has 0 fully saturated rings. The molecule has 2 atom stereocenters. The molecule has 134 valence electrons. The highest BCUT2D eigenvalue weighted by molar-refractivity contribution is 5.74. The van der Waals surface area contributed by atoms with Gasteiger partial charge in [-0.1, -0.05) is 38.1 Å². The first kappa shape index (κ1) is 18.9. The lowest BCUT2D eigenvalue weighted by Gasteiger charge is -2.21. The van der Waals surface area contributed by atoms with Crippen LogP contribution in [0.2, 0.25) is 0 Å². The number of aliphatic hydroxyl groups is 1.